The van der Waals surface area contributed by atoms with Gasteiger partial charge in [-0.05, 0) is 36.1 Å². The first-order valence-corrected chi connectivity index (χ1v) is 7.12. The lowest BCUT2D eigenvalue weighted by Gasteiger charge is -2.15. The van der Waals surface area contributed by atoms with Gasteiger partial charge in [0.1, 0.15) is 5.82 Å². The molecule has 4 nitrogen and oxygen atoms in total. The number of nitrogens with two attached hydrogens (primary N) is 1. The minimum Gasteiger partial charge on any atom is -0.384 e. The predicted octanol–water partition coefficient (Wildman–Crippen LogP) is 2.87. The van der Waals surface area contributed by atoms with E-state index < -0.39 is 0 Å². The van der Waals surface area contributed by atoms with Gasteiger partial charge in [0.15, 0.2) is 0 Å². The molecule has 2 N–H and O–H groups in total. The number of imidazole rings is 1. The Labute approximate surface area is 123 Å². The molecule has 3 aromatic rings. The zero-order valence-corrected chi connectivity index (χ0v) is 11.6. The third-order valence-corrected chi connectivity index (χ3v) is 4.17. The number of nitrogen functional groups attached to an aromatic ring is 1. The number of hydrogen-bond donors (Lipinski definition) is 1. The zero-order chi connectivity index (χ0) is 14.2. The summed E-state index contributed by atoms with van der Waals surface area (Å²) < 4.78 is 2.26. The molecule has 2 heterocycles. The molecule has 1 aromatic carbocycles. The van der Waals surface area contributed by atoms with Gasteiger partial charge in [-0.1, -0.05) is 24.3 Å². The summed E-state index contributed by atoms with van der Waals surface area (Å²) in [5, 5.41) is 0. The van der Waals surface area contributed by atoms with Crippen LogP contribution >= 0.6 is 0 Å². The Balaban J connectivity index is 1.71. The second-order valence-corrected chi connectivity index (χ2v) is 5.49. The van der Waals surface area contributed by atoms with Gasteiger partial charge in [-0.2, -0.15) is 0 Å². The number of benzene rings is 1. The Morgan fingerprint density at radius 1 is 1.10 bits per heavy atom. The van der Waals surface area contributed by atoms with E-state index in [9.17, 15) is 0 Å². The van der Waals surface area contributed by atoms with E-state index in [2.05, 4.69) is 38.8 Å². The van der Waals surface area contributed by atoms with Crippen LogP contribution in [0.5, 0.6) is 0 Å². The van der Waals surface area contributed by atoms with Crippen LogP contribution in [0.1, 0.15) is 17.2 Å². The van der Waals surface area contributed by atoms with Crippen molar-refractivity contribution in [1.29, 1.82) is 0 Å². The van der Waals surface area contributed by atoms with Crippen LogP contribution in [-0.2, 0) is 12.8 Å². The van der Waals surface area contributed by atoms with Gasteiger partial charge in [-0.15, -0.1) is 0 Å². The van der Waals surface area contributed by atoms with Crippen LogP contribution in [0, 0.1) is 0 Å². The summed E-state index contributed by atoms with van der Waals surface area (Å²) in [6.07, 6.45) is 7.67. The summed E-state index contributed by atoms with van der Waals surface area (Å²) in [6.45, 7) is 0. The Hall–Kier alpha value is -2.62. The van der Waals surface area contributed by atoms with Crippen molar-refractivity contribution >= 4 is 5.82 Å². The SMILES string of the molecule is Nc1cc(-c2cncn2C2Cc3ccccc3C2)ccn1. The highest BCUT2D eigenvalue weighted by molar-refractivity contribution is 5.62. The average Bonchev–Trinajstić information content (AvgIpc) is 3.13. The first-order chi connectivity index (χ1) is 10.3. The van der Waals surface area contributed by atoms with Crippen LogP contribution in [0.2, 0.25) is 0 Å². The molecule has 1 aliphatic carbocycles. The molecule has 21 heavy (non-hydrogen) atoms. The molecule has 2 aromatic heterocycles. The first kappa shape index (κ1) is 12.1. The van der Waals surface area contributed by atoms with Gasteiger partial charge in [-0.3, -0.25) is 0 Å². The normalized spacial score (nSPS) is 14.3. The zero-order valence-electron chi connectivity index (χ0n) is 11.6. The van der Waals surface area contributed by atoms with Crippen molar-refractivity contribution in [2.24, 2.45) is 0 Å². The van der Waals surface area contributed by atoms with E-state index in [0.717, 1.165) is 24.1 Å². The average molecular weight is 276 g/mol. The van der Waals surface area contributed by atoms with Gasteiger partial charge < -0.3 is 10.3 Å². The Morgan fingerprint density at radius 2 is 1.86 bits per heavy atom. The minimum atomic E-state index is 0.425. The molecule has 4 heteroatoms. The lowest BCUT2D eigenvalue weighted by molar-refractivity contribution is 0.533. The standard InChI is InChI=1S/C17H16N4/c18-17-9-14(5-6-20-17)16-10-19-11-21(16)15-7-12-3-1-2-4-13(12)8-15/h1-6,9-11,15H,7-8H2,(H2,18,20). The smallest absolute Gasteiger partial charge is 0.123 e. The Kier molecular flexibility index (Phi) is 2.74. The topological polar surface area (TPSA) is 56.7 Å². The van der Waals surface area contributed by atoms with E-state index in [1.807, 2.05) is 24.7 Å². The molecular weight excluding hydrogens is 260 g/mol. The fourth-order valence-corrected chi connectivity index (χ4v) is 3.16. The molecule has 0 fully saturated rings. The van der Waals surface area contributed by atoms with Crippen molar-refractivity contribution < 1.29 is 0 Å². The monoisotopic (exact) mass is 276 g/mol. The molecule has 0 unspecified atom stereocenters. The van der Waals surface area contributed by atoms with Crippen molar-refractivity contribution in [1.82, 2.24) is 14.5 Å². The molecule has 1 aliphatic rings. The van der Waals surface area contributed by atoms with Crippen molar-refractivity contribution in [3.63, 3.8) is 0 Å². The highest BCUT2D eigenvalue weighted by Gasteiger charge is 2.24. The van der Waals surface area contributed by atoms with Crippen molar-refractivity contribution in [2.75, 3.05) is 5.73 Å². The molecule has 0 spiro atoms. The van der Waals surface area contributed by atoms with Crippen molar-refractivity contribution in [3.8, 4) is 11.3 Å². The van der Waals surface area contributed by atoms with Crippen LogP contribution in [0.25, 0.3) is 11.3 Å². The Morgan fingerprint density at radius 3 is 2.57 bits per heavy atom. The fourth-order valence-electron chi connectivity index (χ4n) is 3.16. The first-order valence-electron chi connectivity index (χ1n) is 7.12. The van der Waals surface area contributed by atoms with Gasteiger partial charge in [0.05, 0.1) is 18.2 Å². The molecule has 0 saturated heterocycles. The summed E-state index contributed by atoms with van der Waals surface area (Å²) in [7, 11) is 0. The van der Waals surface area contributed by atoms with Crippen LogP contribution in [-0.4, -0.2) is 14.5 Å². The third-order valence-electron chi connectivity index (χ3n) is 4.17. The maximum atomic E-state index is 5.80. The van der Waals surface area contributed by atoms with Crippen LogP contribution < -0.4 is 5.73 Å². The molecular formula is C17H16N4. The number of hydrogen-bond acceptors (Lipinski definition) is 3. The number of anilines is 1. The molecule has 4 rings (SSSR count). The van der Waals surface area contributed by atoms with Gasteiger partial charge in [0.25, 0.3) is 0 Å². The molecule has 0 amide bonds. The molecule has 0 radical (unpaired) electrons. The second-order valence-electron chi connectivity index (χ2n) is 5.49. The van der Waals surface area contributed by atoms with Crippen molar-refractivity contribution in [2.45, 2.75) is 18.9 Å². The summed E-state index contributed by atoms with van der Waals surface area (Å²) in [6, 6.07) is 13.0. The van der Waals surface area contributed by atoms with Gasteiger partial charge >= 0.3 is 0 Å². The maximum absolute atomic E-state index is 5.80. The predicted molar refractivity (Wildman–Crippen MR) is 82.8 cm³/mol. The number of nitrogens with zero attached hydrogens (tertiary/aromatic N) is 3. The summed E-state index contributed by atoms with van der Waals surface area (Å²) >= 11 is 0. The number of pyridine rings is 1. The Bertz CT molecular complexity index is 766. The van der Waals surface area contributed by atoms with E-state index in [0.29, 0.717) is 11.9 Å². The minimum absolute atomic E-state index is 0.425. The molecule has 0 aliphatic heterocycles. The van der Waals surface area contributed by atoms with E-state index in [4.69, 9.17) is 5.73 Å². The third kappa shape index (κ3) is 2.09. The summed E-state index contributed by atoms with van der Waals surface area (Å²) in [5.74, 6) is 0.537. The van der Waals surface area contributed by atoms with Gasteiger partial charge in [-0.25, -0.2) is 9.97 Å². The highest BCUT2D eigenvalue weighted by atomic mass is 15.1. The van der Waals surface area contributed by atoms with Crippen LogP contribution in [0.15, 0.2) is 55.1 Å². The molecule has 0 bridgehead atoms. The second kappa shape index (κ2) is 4.74. The maximum Gasteiger partial charge on any atom is 0.123 e. The van der Waals surface area contributed by atoms with Crippen molar-refractivity contribution in [3.05, 3.63) is 66.2 Å². The largest absolute Gasteiger partial charge is 0.384 e. The quantitative estimate of drug-likeness (QED) is 0.783. The van der Waals surface area contributed by atoms with E-state index in [1.54, 1.807) is 6.20 Å². The molecule has 104 valence electrons. The van der Waals surface area contributed by atoms with E-state index in [1.165, 1.54) is 11.1 Å². The van der Waals surface area contributed by atoms with E-state index in [-0.39, 0.29) is 0 Å². The number of fused-ring (bicyclic) bond motifs is 1. The summed E-state index contributed by atoms with van der Waals surface area (Å²) in [4.78, 5) is 8.39. The summed E-state index contributed by atoms with van der Waals surface area (Å²) in [5.41, 5.74) is 10.8. The lowest BCUT2D eigenvalue weighted by atomic mass is 10.1. The van der Waals surface area contributed by atoms with Gasteiger partial charge in [0, 0.05) is 17.8 Å². The lowest BCUT2D eigenvalue weighted by Crippen LogP contribution is -2.09. The van der Waals surface area contributed by atoms with Crippen LogP contribution in [0.4, 0.5) is 5.82 Å². The van der Waals surface area contributed by atoms with Gasteiger partial charge in [0.2, 0.25) is 0 Å². The number of aromatic nitrogens is 3. The number of rotatable bonds is 2. The molecule has 0 saturated carbocycles. The highest BCUT2D eigenvalue weighted by Crippen LogP contribution is 2.33. The fraction of sp³-hybridized carbons (Fsp3) is 0.176. The van der Waals surface area contributed by atoms with E-state index >= 15 is 0 Å². The van der Waals surface area contributed by atoms with Crippen LogP contribution in [0.3, 0.4) is 0 Å². The molecule has 0 atom stereocenters.